The zero-order valence-electron chi connectivity index (χ0n) is 17.2. The van der Waals surface area contributed by atoms with Gasteiger partial charge in [-0.25, -0.2) is 4.68 Å². The first kappa shape index (κ1) is 20.0. The van der Waals surface area contributed by atoms with Gasteiger partial charge >= 0.3 is 11.8 Å². The lowest BCUT2D eigenvalue weighted by Crippen LogP contribution is -2.37. The van der Waals surface area contributed by atoms with Crippen molar-refractivity contribution in [2.24, 2.45) is 5.92 Å². The first-order chi connectivity index (χ1) is 14.5. The Bertz CT molecular complexity index is 1080. The smallest absolute Gasteiger partial charge is 0.316 e. The van der Waals surface area contributed by atoms with Crippen molar-refractivity contribution in [3.8, 4) is 11.3 Å². The van der Waals surface area contributed by atoms with E-state index in [1.165, 1.54) is 10.7 Å². The third kappa shape index (κ3) is 4.64. The van der Waals surface area contributed by atoms with E-state index < -0.39 is 0 Å². The fourth-order valence-electron chi connectivity index (χ4n) is 3.64. The summed E-state index contributed by atoms with van der Waals surface area (Å²) in [5, 5.41) is 11.2. The summed E-state index contributed by atoms with van der Waals surface area (Å²) in [6.45, 7) is 4.26. The summed E-state index contributed by atoms with van der Waals surface area (Å²) < 4.78 is 6.38. The number of nitrogens with zero attached hydrogens (tertiary/aromatic N) is 4. The van der Waals surface area contributed by atoms with Crippen LogP contribution >= 0.6 is 0 Å². The van der Waals surface area contributed by atoms with E-state index in [-0.39, 0.29) is 35.8 Å². The van der Waals surface area contributed by atoms with Crippen LogP contribution in [0.25, 0.3) is 11.3 Å². The lowest BCUT2D eigenvalue weighted by Gasteiger charge is -2.26. The standard InChI is InChI=1S/C22H25N5O3/c1-14-3-7-16(8-4-14)18-11-12-20(28)27(25-18)13-19-24-22(30-26-19)21(29)23-17-9-5-15(2)6-10-17/h3-4,7-8,11-12,15,17H,5-6,9-10,13H2,1-2H3,(H,23,29). The molecule has 0 aliphatic heterocycles. The lowest BCUT2D eigenvalue weighted by molar-refractivity contribution is 0.0878. The molecule has 156 valence electrons. The van der Waals surface area contributed by atoms with Crippen molar-refractivity contribution in [3.63, 3.8) is 0 Å². The average Bonchev–Trinajstić information content (AvgIpc) is 3.21. The number of aromatic nitrogens is 4. The number of carbonyl (C=O) groups is 1. The van der Waals surface area contributed by atoms with Gasteiger partial charge in [0.25, 0.3) is 5.56 Å². The Hall–Kier alpha value is -3.29. The van der Waals surface area contributed by atoms with E-state index in [0.29, 0.717) is 11.6 Å². The van der Waals surface area contributed by atoms with Crippen LogP contribution in [0.4, 0.5) is 0 Å². The molecule has 8 heteroatoms. The van der Waals surface area contributed by atoms with E-state index >= 15 is 0 Å². The van der Waals surface area contributed by atoms with Gasteiger partial charge in [0.1, 0.15) is 6.54 Å². The average molecular weight is 407 g/mol. The molecule has 2 aromatic heterocycles. The largest absolute Gasteiger partial charge is 0.345 e. The number of benzene rings is 1. The maximum atomic E-state index is 12.4. The van der Waals surface area contributed by atoms with Crippen LogP contribution in [0.2, 0.25) is 0 Å². The third-order valence-corrected chi connectivity index (χ3v) is 5.52. The fourth-order valence-corrected chi connectivity index (χ4v) is 3.64. The molecule has 8 nitrogen and oxygen atoms in total. The highest BCUT2D eigenvalue weighted by Crippen LogP contribution is 2.23. The molecule has 0 spiro atoms. The lowest BCUT2D eigenvalue weighted by atomic mass is 9.87. The molecule has 1 aromatic carbocycles. The number of nitrogens with one attached hydrogen (secondary N) is 1. The summed E-state index contributed by atoms with van der Waals surface area (Å²) in [5.41, 5.74) is 2.44. The van der Waals surface area contributed by atoms with Gasteiger partial charge in [-0.3, -0.25) is 9.59 Å². The van der Waals surface area contributed by atoms with Gasteiger partial charge in [-0.2, -0.15) is 10.1 Å². The van der Waals surface area contributed by atoms with Gasteiger partial charge in [0.15, 0.2) is 5.82 Å². The second-order valence-corrected chi connectivity index (χ2v) is 8.03. The molecular formula is C22H25N5O3. The first-order valence-electron chi connectivity index (χ1n) is 10.3. The van der Waals surface area contributed by atoms with E-state index in [9.17, 15) is 9.59 Å². The first-order valence-corrected chi connectivity index (χ1v) is 10.3. The molecule has 1 saturated carbocycles. The molecule has 3 aromatic rings. The quantitative estimate of drug-likeness (QED) is 0.697. The highest BCUT2D eigenvalue weighted by molar-refractivity contribution is 5.89. The Morgan fingerprint density at radius 2 is 1.87 bits per heavy atom. The van der Waals surface area contributed by atoms with Gasteiger partial charge in [-0.1, -0.05) is 41.9 Å². The number of aryl methyl sites for hydroxylation is 1. The Kier molecular flexibility index (Phi) is 5.74. The van der Waals surface area contributed by atoms with Gasteiger partial charge in [-0.05, 0) is 44.6 Å². The van der Waals surface area contributed by atoms with Gasteiger partial charge in [0.05, 0.1) is 5.69 Å². The van der Waals surface area contributed by atoms with E-state index in [1.807, 2.05) is 31.2 Å². The Labute approximate surface area is 174 Å². The molecule has 0 bridgehead atoms. The van der Waals surface area contributed by atoms with Crippen LogP contribution in [0.1, 0.15) is 54.7 Å². The van der Waals surface area contributed by atoms with Crippen molar-refractivity contribution in [2.75, 3.05) is 0 Å². The summed E-state index contributed by atoms with van der Waals surface area (Å²) in [6, 6.07) is 11.2. The molecule has 0 unspecified atom stereocenters. The minimum Gasteiger partial charge on any atom is -0.345 e. The zero-order chi connectivity index (χ0) is 21.1. The van der Waals surface area contributed by atoms with Gasteiger partial charge in [0, 0.05) is 17.7 Å². The summed E-state index contributed by atoms with van der Waals surface area (Å²) in [7, 11) is 0. The van der Waals surface area contributed by atoms with Gasteiger partial charge < -0.3 is 9.84 Å². The highest BCUT2D eigenvalue weighted by atomic mass is 16.5. The molecule has 1 fully saturated rings. The predicted octanol–water partition coefficient (Wildman–Crippen LogP) is 2.96. The van der Waals surface area contributed by atoms with Crippen LogP contribution in [-0.4, -0.2) is 31.9 Å². The second-order valence-electron chi connectivity index (χ2n) is 8.03. The third-order valence-electron chi connectivity index (χ3n) is 5.52. The number of hydrogen-bond acceptors (Lipinski definition) is 6. The van der Waals surface area contributed by atoms with E-state index in [1.54, 1.807) is 6.07 Å². The van der Waals surface area contributed by atoms with E-state index in [4.69, 9.17) is 4.52 Å². The Balaban J connectivity index is 1.45. The number of amides is 1. The Morgan fingerprint density at radius 3 is 2.60 bits per heavy atom. The number of hydrogen-bond donors (Lipinski definition) is 1. The molecule has 1 amide bonds. The monoisotopic (exact) mass is 407 g/mol. The topological polar surface area (TPSA) is 103 Å². The molecule has 2 heterocycles. The van der Waals surface area contributed by atoms with Crippen molar-refractivity contribution in [1.29, 1.82) is 0 Å². The molecule has 1 aliphatic carbocycles. The Morgan fingerprint density at radius 1 is 1.13 bits per heavy atom. The van der Waals surface area contributed by atoms with E-state index in [2.05, 4.69) is 27.5 Å². The minimum atomic E-state index is -0.373. The maximum absolute atomic E-state index is 12.4. The molecule has 1 aliphatic rings. The van der Waals surface area contributed by atoms with Crippen LogP contribution in [0, 0.1) is 12.8 Å². The fraction of sp³-hybridized carbons (Fsp3) is 0.409. The second kappa shape index (κ2) is 8.61. The van der Waals surface area contributed by atoms with Crippen molar-refractivity contribution in [1.82, 2.24) is 25.2 Å². The minimum absolute atomic E-state index is 0.0241. The van der Waals surface area contributed by atoms with Crippen LogP contribution < -0.4 is 10.9 Å². The molecular weight excluding hydrogens is 382 g/mol. The maximum Gasteiger partial charge on any atom is 0.316 e. The number of carbonyl (C=O) groups excluding carboxylic acids is 1. The molecule has 4 rings (SSSR count). The SMILES string of the molecule is Cc1ccc(-c2ccc(=O)n(Cc3noc(C(=O)NC4CCC(C)CC4)n3)n2)cc1. The van der Waals surface area contributed by atoms with Crippen LogP contribution in [-0.2, 0) is 6.54 Å². The summed E-state index contributed by atoms with van der Waals surface area (Å²) in [5.74, 6) is 0.469. The van der Waals surface area contributed by atoms with E-state index in [0.717, 1.165) is 36.8 Å². The van der Waals surface area contributed by atoms with Crippen molar-refractivity contribution in [3.05, 3.63) is 64.0 Å². The predicted molar refractivity (Wildman–Crippen MR) is 111 cm³/mol. The molecule has 0 radical (unpaired) electrons. The van der Waals surface area contributed by atoms with Gasteiger partial charge in [-0.15, -0.1) is 0 Å². The molecule has 30 heavy (non-hydrogen) atoms. The summed E-state index contributed by atoms with van der Waals surface area (Å²) >= 11 is 0. The number of rotatable bonds is 5. The molecule has 0 atom stereocenters. The normalized spacial score (nSPS) is 18.9. The van der Waals surface area contributed by atoms with Crippen molar-refractivity contribution in [2.45, 2.75) is 52.1 Å². The van der Waals surface area contributed by atoms with Gasteiger partial charge in [0.2, 0.25) is 0 Å². The van der Waals surface area contributed by atoms with Crippen LogP contribution in [0.5, 0.6) is 0 Å². The van der Waals surface area contributed by atoms with Crippen LogP contribution in [0.15, 0.2) is 45.7 Å². The highest BCUT2D eigenvalue weighted by Gasteiger charge is 2.23. The van der Waals surface area contributed by atoms with Crippen molar-refractivity contribution < 1.29 is 9.32 Å². The summed E-state index contributed by atoms with van der Waals surface area (Å²) in [4.78, 5) is 28.8. The van der Waals surface area contributed by atoms with Crippen LogP contribution in [0.3, 0.4) is 0 Å². The molecule has 1 N–H and O–H groups in total. The zero-order valence-corrected chi connectivity index (χ0v) is 17.2. The molecule has 0 saturated heterocycles. The van der Waals surface area contributed by atoms with Crippen molar-refractivity contribution >= 4 is 5.91 Å². The summed E-state index contributed by atoms with van der Waals surface area (Å²) in [6.07, 6.45) is 4.12.